The topological polar surface area (TPSA) is 56.5 Å². The summed E-state index contributed by atoms with van der Waals surface area (Å²) >= 11 is 0. The number of ether oxygens (including phenoxy) is 1. The number of carbonyl (C=O) groups is 1. The van der Waals surface area contributed by atoms with Crippen molar-refractivity contribution in [2.24, 2.45) is 4.99 Å². The minimum atomic E-state index is -0.300. The summed E-state index contributed by atoms with van der Waals surface area (Å²) in [6.07, 6.45) is 5.24. The summed E-state index contributed by atoms with van der Waals surface area (Å²) in [6.45, 7) is 0.645. The third kappa shape index (κ3) is 4.84. The average Bonchev–Trinajstić information content (AvgIpc) is 2.77. The van der Waals surface area contributed by atoms with Crippen molar-refractivity contribution < 1.29 is 9.53 Å². The van der Waals surface area contributed by atoms with Crippen molar-refractivity contribution in [3.05, 3.63) is 120 Å². The fourth-order valence-electron chi connectivity index (χ4n) is 2.86. The molecule has 0 fully saturated rings. The summed E-state index contributed by atoms with van der Waals surface area (Å²) in [5, 5.41) is 0. The smallest absolute Gasteiger partial charge is 0.278 e. The molecule has 1 amide bonds. The van der Waals surface area contributed by atoms with E-state index >= 15 is 0 Å². The van der Waals surface area contributed by atoms with Gasteiger partial charge >= 0.3 is 0 Å². The van der Waals surface area contributed by atoms with Gasteiger partial charge in [-0.05, 0) is 54.1 Å². The molecule has 0 saturated carbocycles. The van der Waals surface area contributed by atoms with E-state index in [4.69, 9.17) is 4.74 Å². The molecule has 0 spiro atoms. The van der Waals surface area contributed by atoms with Crippen LogP contribution in [0.1, 0.15) is 15.9 Å². The zero-order chi connectivity index (χ0) is 19.9. The molecule has 5 nitrogen and oxygen atoms in total. The molecule has 0 aliphatic heterocycles. The summed E-state index contributed by atoms with van der Waals surface area (Å²) in [4.78, 5) is 21.0. The zero-order valence-electron chi connectivity index (χ0n) is 15.7. The molecular formula is C24H19N3O2. The van der Waals surface area contributed by atoms with E-state index in [0.29, 0.717) is 29.1 Å². The van der Waals surface area contributed by atoms with E-state index in [9.17, 15) is 4.79 Å². The molecule has 5 heteroatoms. The van der Waals surface area contributed by atoms with Crippen LogP contribution >= 0.6 is 0 Å². The summed E-state index contributed by atoms with van der Waals surface area (Å²) in [5.41, 5.74) is 2.25. The lowest BCUT2D eigenvalue weighted by Crippen LogP contribution is -2.22. The van der Waals surface area contributed by atoms with Crippen molar-refractivity contribution in [1.82, 2.24) is 9.55 Å². The third-order valence-corrected chi connectivity index (χ3v) is 4.30. The van der Waals surface area contributed by atoms with E-state index in [1.54, 1.807) is 42.7 Å². The third-order valence-electron chi connectivity index (χ3n) is 4.30. The van der Waals surface area contributed by atoms with E-state index in [1.165, 1.54) is 0 Å². The Bertz CT molecular complexity index is 1150. The fraction of sp³-hybridized carbons (Fsp3) is 0.0417. The number of amides is 1. The van der Waals surface area contributed by atoms with Crippen LogP contribution in [0.3, 0.4) is 0 Å². The quantitative estimate of drug-likeness (QED) is 0.513. The molecule has 0 atom stereocenters. The van der Waals surface area contributed by atoms with Crippen LogP contribution in [0.15, 0.2) is 109 Å². The first-order chi connectivity index (χ1) is 14.3. The number of benzene rings is 2. The predicted octanol–water partition coefficient (Wildman–Crippen LogP) is 4.46. The number of rotatable bonds is 5. The molecule has 4 aromatic rings. The van der Waals surface area contributed by atoms with Gasteiger partial charge in [0.1, 0.15) is 17.0 Å². The van der Waals surface area contributed by atoms with E-state index in [1.807, 2.05) is 65.4 Å². The lowest BCUT2D eigenvalue weighted by atomic mass is 10.2. The monoisotopic (exact) mass is 381 g/mol. The summed E-state index contributed by atoms with van der Waals surface area (Å²) < 4.78 is 7.66. The minimum absolute atomic E-state index is 0.300. The lowest BCUT2D eigenvalue weighted by Gasteiger charge is -2.07. The SMILES string of the molecule is O=C(N=c1ccccn1Cc1ccccc1)c1ccc(Oc2cccnc2)cc1. The maximum atomic E-state index is 12.7. The standard InChI is InChI=1S/C24H19N3O2/c28-24(20-11-13-21(14-12-20)29-22-9-6-15-25-17-22)26-23-10-4-5-16-27(23)18-19-7-2-1-3-8-19/h1-17H,18H2. The molecule has 2 aromatic carbocycles. The average molecular weight is 381 g/mol. The molecule has 0 unspecified atom stereocenters. The molecule has 0 saturated heterocycles. The first-order valence-corrected chi connectivity index (χ1v) is 9.24. The Kier molecular flexibility index (Phi) is 5.58. The largest absolute Gasteiger partial charge is 0.456 e. The first kappa shape index (κ1) is 18.4. The Balaban J connectivity index is 1.54. The molecule has 2 heterocycles. The molecule has 4 rings (SSSR count). The van der Waals surface area contributed by atoms with Crippen molar-refractivity contribution in [3.63, 3.8) is 0 Å². The second-order valence-corrected chi connectivity index (χ2v) is 6.40. The van der Waals surface area contributed by atoms with Crippen LogP contribution in [0.4, 0.5) is 0 Å². The normalized spacial score (nSPS) is 11.2. The van der Waals surface area contributed by atoms with Crippen molar-refractivity contribution in [2.45, 2.75) is 6.54 Å². The van der Waals surface area contributed by atoms with Gasteiger partial charge in [0, 0.05) is 24.5 Å². The molecule has 142 valence electrons. The van der Waals surface area contributed by atoms with Gasteiger partial charge in [0.05, 0.1) is 6.20 Å². The summed E-state index contributed by atoms with van der Waals surface area (Å²) in [5.74, 6) is 0.974. The molecule has 0 bridgehead atoms. The van der Waals surface area contributed by atoms with E-state index in [2.05, 4.69) is 9.98 Å². The van der Waals surface area contributed by atoms with E-state index in [-0.39, 0.29) is 5.91 Å². The molecule has 0 N–H and O–H groups in total. The molecule has 0 radical (unpaired) electrons. The Labute approximate surface area is 168 Å². The van der Waals surface area contributed by atoms with Crippen molar-refractivity contribution in [3.8, 4) is 11.5 Å². The zero-order valence-corrected chi connectivity index (χ0v) is 15.7. The van der Waals surface area contributed by atoms with Crippen molar-refractivity contribution in [2.75, 3.05) is 0 Å². The van der Waals surface area contributed by atoms with E-state index < -0.39 is 0 Å². The van der Waals surface area contributed by atoms with Crippen LogP contribution in [0.2, 0.25) is 0 Å². The predicted molar refractivity (Wildman–Crippen MR) is 111 cm³/mol. The fourth-order valence-corrected chi connectivity index (χ4v) is 2.86. The molecule has 29 heavy (non-hydrogen) atoms. The van der Waals surface area contributed by atoms with Crippen LogP contribution in [-0.2, 0) is 6.54 Å². The van der Waals surface area contributed by atoms with Gasteiger partial charge in [-0.1, -0.05) is 36.4 Å². The van der Waals surface area contributed by atoms with Gasteiger partial charge in [0.2, 0.25) is 0 Å². The number of nitrogens with zero attached hydrogens (tertiary/aromatic N) is 3. The highest BCUT2D eigenvalue weighted by Crippen LogP contribution is 2.20. The lowest BCUT2D eigenvalue weighted by molar-refractivity contribution is 0.0997. The molecule has 0 aliphatic carbocycles. The highest BCUT2D eigenvalue weighted by molar-refractivity contribution is 5.95. The van der Waals surface area contributed by atoms with Gasteiger partial charge in [-0.15, -0.1) is 0 Å². The van der Waals surface area contributed by atoms with Crippen LogP contribution in [0, 0.1) is 0 Å². The van der Waals surface area contributed by atoms with Gasteiger partial charge in [-0.3, -0.25) is 9.78 Å². The number of pyridine rings is 2. The maximum absolute atomic E-state index is 12.7. The minimum Gasteiger partial charge on any atom is -0.456 e. The second kappa shape index (κ2) is 8.80. The number of hydrogen-bond donors (Lipinski definition) is 0. The number of carbonyl (C=O) groups excluding carboxylic acids is 1. The molecule has 2 aromatic heterocycles. The van der Waals surface area contributed by atoms with E-state index in [0.717, 1.165) is 5.56 Å². The van der Waals surface area contributed by atoms with Gasteiger partial charge < -0.3 is 9.30 Å². The Morgan fingerprint density at radius 3 is 2.41 bits per heavy atom. The summed E-state index contributed by atoms with van der Waals surface area (Å²) in [7, 11) is 0. The molecular weight excluding hydrogens is 362 g/mol. The van der Waals surface area contributed by atoms with Crippen LogP contribution < -0.4 is 10.2 Å². The van der Waals surface area contributed by atoms with Crippen molar-refractivity contribution in [1.29, 1.82) is 0 Å². The maximum Gasteiger partial charge on any atom is 0.278 e. The Morgan fingerprint density at radius 2 is 1.66 bits per heavy atom. The first-order valence-electron chi connectivity index (χ1n) is 9.24. The summed E-state index contributed by atoms with van der Waals surface area (Å²) in [6, 6.07) is 26.2. The van der Waals surface area contributed by atoms with Gasteiger partial charge in [0.25, 0.3) is 5.91 Å². The van der Waals surface area contributed by atoms with Crippen LogP contribution in [-0.4, -0.2) is 15.5 Å². The Hall–Kier alpha value is -3.99. The highest BCUT2D eigenvalue weighted by Gasteiger charge is 2.06. The number of hydrogen-bond acceptors (Lipinski definition) is 3. The highest BCUT2D eigenvalue weighted by atomic mass is 16.5. The molecule has 0 aliphatic rings. The van der Waals surface area contributed by atoms with Gasteiger partial charge in [-0.2, -0.15) is 4.99 Å². The Morgan fingerprint density at radius 1 is 0.862 bits per heavy atom. The second-order valence-electron chi connectivity index (χ2n) is 6.40. The number of aromatic nitrogens is 2. The van der Waals surface area contributed by atoms with Crippen LogP contribution in [0.25, 0.3) is 0 Å². The van der Waals surface area contributed by atoms with Crippen molar-refractivity contribution >= 4 is 5.91 Å². The van der Waals surface area contributed by atoms with Crippen LogP contribution in [0.5, 0.6) is 11.5 Å². The van der Waals surface area contributed by atoms with Gasteiger partial charge in [0.15, 0.2) is 0 Å². The van der Waals surface area contributed by atoms with Gasteiger partial charge in [-0.25, -0.2) is 0 Å².